The molecule has 0 bridgehead atoms. The molecule has 1 aromatic carbocycles. The number of hydrogen-bond donors (Lipinski definition) is 2. The van der Waals surface area contributed by atoms with Crippen LogP contribution in [-0.2, 0) is 0 Å². The van der Waals surface area contributed by atoms with Gasteiger partial charge in [-0.15, -0.1) is 11.3 Å². The van der Waals surface area contributed by atoms with Crippen LogP contribution in [0.2, 0.25) is 0 Å². The molecule has 18 heavy (non-hydrogen) atoms. The molecule has 2 heterocycles. The molecule has 1 aromatic heterocycles. The zero-order valence-electron chi connectivity index (χ0n) is 9.68. The molecule has 0 unspecified atom stereocenters. The molecular weight excluding hydrogens is 266 g/mol. The predicted octanol–water partition coefficient (Wildman–Crippen LogP) is 2.92. The molecule has 6 heteroatoms. The van der Waals surface area contributed by atoms with Gasteiger partial charge < -0.3 is 10.6 Å². The molecule has 2 aromatic rings. The second-order valence-electron chi connectivity index (χ2n) is 4.19. The van der Waals surface area contributed by atoms with Gasteiger partial charge in [0.15, 0.2) is 0 Å². The Labute approximate surface area is 113 Å². The third-order valence-electron chi connectivity index (χ3n) is 2.85. The van der Waals surface area contributed by atoms with Crippen LogP contribution >= 0.6 is 23.1 Å². The summed E-state index contributed by atoms with van der Waals surface area (Å²) in [7, 11) is 0. The highest BCUT2D eigenvalue weighted by molar-refractivity contribution is 7.99. The molecule has 1 aliphatic heterocycles. The number of thioether (sulfide) groups is 1. The number of anilines is 1. The summed E-state index contributed by atoms with van der Waals surface area (Å²) >= 11 is 3.46. The molecule has 1 saturated heterocycles. The number of hydrogen-bond acceptors (Lipinski definition) is 4. The summed E-state index contributed by atoms with van der Waals surface area (Å²) in [6.07, 6.45) is 1.06. The minimum absolute atomic E-state index is 0.119. The van der Waals surface area contributed by atoms with Crippen LogP contribution in [0.5, 0.6) is 0 Å². The number of aromatic nitrogens is 1. The van der Waals surface area contributed by atoms with Gasteiger partial charge >= 0.3 is 6.03 Å². The molecule has 1 aliphatic rings. The molecule has 4 nitrogen and oxygen atoms in total. The molecule has 0 aliphatic carbocycles. The Morgan fingerprint density at radius 2 is 2.39 bits per heavy atom. The maximum Gasteiger partial charge on any atom is 0.319 e. The second-order valence-corrected chi connectivity index (χ2v) is 6.23. The van der Waals surface area contributed by atoms with E-state index in [4.69, 9.17) is 0 Å². The number of carbonyl (C=O) groups is 1. The van der Waals surface area contributed by atoms with Crippen molar-refractivity contribution in [2.45, 2.75) is 12.5 Å². The van der Waals surface area contributed by atoms with Crippen LogP contribution in [0.3, 0.4) is 0 Å². The minimum Gasteiger partial charge on any atom is -0.334 e. The highest BCUT2D eigenvalue weighted by Gasteiger charge is 2.17. The van der Waals surface area contributed by atoms with E-state index in [-0.39, 0.29) is 6.03 Å². The summed E-state index contributed by atoms with van der Waals surface area (Å²) < 4.78 is 1.09. The van der Waals surface area contributed by atoms with Crippen molar-refractivity contribution in [1.29, 1.82) is 0 Å². The number of amides is 2. The van der Waals surface area contributed by atoms with E-state index in [0.717, 1.165) is 33.8 Å². The molecular formula is C12H13N3OS2. The number of nitrogens with one attached hydrogen (secondary N) is 2. The average molecular weight is 279 g/mol. The quantitative estimate of drug-likeness (QED) is 0.888. The van der Waals surface area contributed by atoms with Gasteiger partial charge in [-0.05, 0) is 30.4 Å². The number of rotatable bonds is 2. The normalized spacial score (nSPS) is 19.0. The van der Waals surface area contributed by atoms with Gasteiger partial charge in [-0.25, -0.2) is 9.78 Å². The van der Waals surface area contributed by atoms with Crippen LogP contribution in [-0.4, -0.2) is 28.6 Å². The summed E-state index contributed by atoms with van der Waals surface area (Å²) in [6.45, 7) is 0. The van der Waals surface area contributed by atoms with E-state index in [9.17, 15) is 4.79 Å². The average Bonchev–Trinajstić information content (AvgIpc) is 2.98. The first-order chi connectivity index (χ1) is 8.81. The van der Waals surface area contributed by atoms with Crippen molar-refractivity contribution < 1.29 is 4.79 Å². The highest BCUT2D eigenvalue weighted by atomic mass is 32.2. The zero-order valence-corrected chi connectivity index (χ0v) is 11.3. The molecule has 1 atom stereocenters. The Balaban J connectivity index is 1.65. The SMILES string of the molecule is O=C(Nc1ccc2ncsc2c1)N[C@H]1CCSC1. The molecule has 2 amide bonds. The lowest BCUT2D eigenvalue weighted by molar-refractivity contribution is 0.249. The van der Waals surface area contributed by atoms with Crippen molar-refractivity contribution in [3.8, 4) is 0 Å². The molecule has 3 rings (SSSR count). The smallest absolute Gasteiger partial charge is 0.319 e. The van der Waals surface area contributed by atoms with Gasteiger partial charge in [-0.3, -0.25) is 0 Å². The Morgan fingerprint density at radius 1 is 1.44 bits per heavy atom. The number of benzene rings is 1. The van der Waals surface area contributed by atoms with Gasteiger partial charge in [-0.2, -0.15) is 11.8 Å². The van der Waals surface area contributed by atoms with E-state index < -0.39 is 0 Å². The summed E-state index contributed by atoms with van der Waals surface area (Å²) in [4.78, 5) is 16.0. The van der Waals surface area contributed by atoms with Crippen LogP contribution < -0.4 is 10.6 Å². The Kier molecular flexibility index (Phi) is 3.38. The molecule has 0 spiro atoms. The standard InChI is InChI=1S/C12H13N3OS2/c16-12(15-9-3-4-17-6-9)14-8-1-2-10-11(5-8)18-7-13-10/h1-2,5,7,9H,3-4,6H2,(H2,14,15,16)/t9-/m0/s1. The van der Waals surface area contributed by atoms with Gasteiger partial charge in [0.1, 0.15) is 0 Å². The molecule has 1 fully saturated rings. The van der Waals surface area contributed by atoms with Crippen molar-refractivity contribution in [2.24, 2.45) is 0 Å². The monoisotopic (exact) mass is 279 g/mol. The molecule has 94 valence electrons. The topological polar surface area (TPSA) is 54.0 Å². The number of carbonyl (C=O) groups excluding carboxylic acids is 1. The number of fused-ring (bicyclic) bond motifs is 1. The molecule has 0 radical (unpaired) electrons. The van der Waals surface area contributed by atoms with Gasteiger partial charge in [0, 0.05) is 17.5 Å². The van der Waals surface area contributed by atoms with Gasteiger partial charge in [0.05, 0.1) is 15.7 Å². The van der Waals surface area contributed by atoms with Crippen molar-refractivity contribution in [3.63, 3.8) is 0 Å². The van der Waals surface area contributed by atoms with Gasteiger partial charge in [0.2, 0.25) is 0 Å². The van der Waals surface area contributed by atoms with Gasteiger partial charge in [-0.1, -0.05) is 0 Å². The zero-order chi connectivity index (χ0) is 12.4. The van der Waals surface area contributed by atoms with Crippen molar-refractivity contribution in [2.75, 3.05) is 16.8 Å². The number of thiazole rings is 1. The lowest BCUT2D eigenvalue weighted by Gasteiger charge is -2.12. The summed E-state index contributed by atoms with van der Waals surface area (Å²) in [6, 6.07) is 5.95. The first-order valence-corrected chi connectivity index (χ1v) is 7.83. The maximum absolute atomic E-state index is 11.8. The van der Waals surface area contributed by atoms with Crippen molar-refractivity contribution >= 4 is 45.0 Å². The Bertz CT molecular complexity index is 563. The lowest BCUT2D eigenvalue weighted by Crippen LogP contribution is -2.37. The highest BCUT2D eigenvalue weighted by Crippen LogP contribution is 2.22. The lowest BCUT2D eigenvalue weighted by atomic mass is 10.2. The van der Waals surface area contributed by atoms with Crippen LogP contribution in [0.1, 0.15) is 6.42 Å². The first kappa shape index (κ1) is 11.8. The minimum atomic E-state index is -0.119. The predicted molar refractivity (Wildman–Crippen MR) is 77.5 cm³/mol. The number of urea groups is 1. The van der Waals surface area contributed by atoms with E-state index in [2.05, 4.69) is 15.6 Å². The van der Waals surface area contributed by atoms with Crippen molar-refractivity contribution in [3.05, 3.63) is 23.7 Å². The summed E-state index contributed by atoms with van der Waals surface area (Å²) in [5, 5.41) is 5.86. The summed E-state index contributed by atoms with van der Waals surface area (Å²) in [5.41, 5.74) is 3.60. The van der Waals surface area contributed by atoms with Crippen molar-refractivity contribution in [1.82, 2.24) is 10.3 Å². The van der Waals surface area contributed by atoms with E-state index in [1.807, 2.05) is 35.5 Å². The fourth-order valence-corrected chi connectivity index (χ4v) is 3.80. The van der Waals surface area contributed by atoms with Crippen LogP contribution in [0.25, 0.3) is 10.2 Å². The Morgan fingerprint density at radius 3 is 3.22 bits per heavy atom. The van der Waals surface area contributed by atoms with Gasteiger partial charge in [0.25, 0.3) is 0 Å². The largest absolute Gasteiger partial charge is 0.334 e. The van der Waals surface area contributed by atoms with E-state index in [0.29, 0.717) is 6.04 Å². The van der Waals surface area contributed by atoms with Crippen LogP contribution in [0, 0.1) is 0 Å². The second kappa shape index (κ2) is 5.16. The third-order valence-corrected chi connectivity index (χ3v) is 4.81. The maximum atomic E-state index is 11.8. The third kappa shape index (κ3) is 2.59. The summed E-state index contributed by atoms with van der Waals surface area (Å²) in [5.74, 6) is 2.15. The van der Waals surface area contributed by atoms with Crippen LogP contribution in [0.15, 0.2) is 23.7 Å². The first-order valence-electron chi connectivity index (χ1n) is 5.80. The molecule has 2 N–H and O–H groups in total. The number of nitrogens with zero attached hydrogens (tertiary/aromatic N) is 1. The fraction of sp³-hybridized carbons (Fsp3) is 0.333. The Hall–Kier alpha value is -1.27. The fourth-order valence-electron chi connectivity index (χ4n) is 1.93. The van der Waals surface area contributed by atoms with E-state index in [1.54, 1.807) is 11.3 Å². The van der Waals surface area contributed by atoms with E-state index in [1.165, 1.54) is 0 Å². The van der Waals surface area contributed by atoms with Crippen LogP contribution in [0.4, 0.5) is 10.5 Å². The molecule has 0 saturated carbocycles. The van der Waals surface area contributed by atoms with E-state index >= 15 is 0 Å².